The first-order valence-corrected chi connectivity index (χ1v) is 7.28. The van der Waals surface area contributed by atoms with Crippen LogP contribution in [0.3, 0.4) is 0 Å². The van der Waals surface area contributed by atoms with E-state index in [-0.39, 0.29) is 24.9 Å². The third-order valence-corrected chi connectivity index (χ3v) is 3.41. The summed E-state index contributed by atoms with van der Waals surface area (Å²) in [6.45, 7) is 1.63. The largest absolute Gasteiger partial charge is 0.360 e. The van der Waals surface area contributed by atoms with Gasteiger partial charge in [-0.05, 0) is 19.1 Å². The molecule has 2 amide bonds. The summed E-state index contributed by atoms with van der Waals surface area (Å²) in [6, 6.07) is 8.96. The molecule has 124 valence electrons. The van der Waals surface area contributed by atoms with Gasteiger partial charge in [-0.15, -0.1) is 5.10 Å². The number of amides is 2. The second-order valence-corrected chi connectivity index (χ2v) is 5.36. The predicted molar refractivity (Wildman–Crippen MR) is 85.0 cm³/mol. The van der Waals surface area contributed by atoms with E-state index < -0.39 is 0 Å². The molecule has 0 aliphatic rings. The van der Waals surface area contributed by atoms with Crippen molar-refractivity contribution in [2.45, 2.75) is 13.5 Å². The third kappa shape index (κ3) is 3.40. The Labute approximate surface area is 137 Å². The van der Waals surface area contributed by atoms with Gasteiger partial charge in [0.15, 0.2) is 5.82 Å². The Morgan fingerprint density at radius 2 is 2.12 bits per heavy atom. The standard InChI is InChI=1S/C15H16N6O3/c1-10-7-13(18-24-10)16-14(22)8-20(2)15(23)9-21-12-6-4-3-5-11(12)17-19-21/h3-7H,8-9H2,1-2H3,(H,16,18,22). The lowest BCUT2D eigenvalue weighted by Crippen LogP contribution is -2.37. The number of aryl methyl sites for hydroxylation is 1. The predicted octanol–water partition coefficient (Wildman–Crippen LogP) is 0.825. The summed E-state index contributed by atoms with van der Waals surface area (Å²) >= 11 is 0. The maximum absolute atomic E-state index is 12.3. The molecular weight excluding hydrogens is 312 g/mol. The molecule has 0 atom stereocenters. The summed E-state index contributed by atoms with van der Waals surface area (Å²) in [5.74, 6) is 0.299. The molecule has 0 saturated carbocycles. The van der Waals surface area contributed by atoms with E-state index in [1.54, 1.807) is 20.0 Å². The van der Waals surface area contributed by atoms with Crippen molar-refractivity contribution < 1.29 is 14.1 Å². The van der Waals surface area contributed by atoms with Crippen molar-refractivity contribution in [1.82, 2.24) is 25.1 Å². The first-order valence-electron chi connectivity index (χ1n) is 7.28. The summed E-state index contributed by atoms with van der Waals surface area (Å²) in [5.41, 5.74) is 1.48. The van der Waals surface area contributed by atoms with Gasteiger partial charge in [0.05, 0.1) is 12.1 Å². The molecule has 1 aromatic carbocycles. The molecule has 3 aromatic rings. The van der Waals surface area contributed by atoms with Gasteiger partial charge in [-0.3, -0.25) is 9.59 Å². The molecule has 9 nitrogen and oxygen atoms in total. The number of hydrogen-bond donors (Lipinski definition) is 1. The summed E-state index contributed by atoms with van der Waals surface area (Å²) in [5, 5.41) is 14.2. The number of hydrogen-bond acceptors (Lipinski definition) is 6. The number of nitrogens with zero attached hydrogens (tertiary/aromatic N) is 5. The van der Waals surface area contributed by atoms with Crippen LogP contribution in [0.2, 0.25) is 0 Å². The minimum atomic E-state index is -0.359. The normalized spacial score (nSPS) is 10.8. The molecular formula is C15H16N6O3. The number of likely N-dealkylation sites (N-methyl/N-ethyl adjacent to an activating group) is 1. The number of fused-ring (bicyclic) bond motifs is 1. The summed E-state index contributed by atoms with van der Waals surface area (Å²) in [6.07, 6.45) is 0. The summed E-state index contributed by atoms with van der Waals surface area (Å²) < 4.78 is 6.37. The number of carbonyl (C=O) groups excluding carboxylic acids is 2. The van der Waals surface area contributed by atoms with E-state index in [9.17, 15) is 9.59 Å². The fourth-order valence-corrected chi connectivity index (χ4v) is 2.19. The fourth-order valence-electron chi connectivity index (χ4n) is 2.19. The third-order valence-electron chi connectivity index (χ3n) is 3.41. The fraction of sp³-hybridized carbons (Fsp3) is 0.267. The number of rotatable bonds is 5. The number of carbonyl (C=O) groups is 2. The monoisotopic (exact) mass is 328 g/mol. The average Bonchev–Trinajstić information content (AvgIpc) is 3.14. The number of aromatic nitrogens is 4. The second kappa shape index (κ2) is 6.49. The number of anilines is 1. The summed E-state index contributed by atoms with van der Waals surface area (Å²) in [4.78, 5) is 25.5. The van der Waals surface area contributed by atoms with E-state index in [2.05, 4.69) is 20.8 Å². The van der Waals surface area contributed by atoms with Crippen LogP contribution in [0.1, 0.15) is 5.76 Å². The zero-order chi connectivity index (χ0) is 17.1. The van der Waals surface area contributed by atoms with Gasteiger partial charge >= 0.3 is 0 Å². The van der Waals surface area contributed by atoms with Gasteiger partial charge in [-0.1, -0.05) is 22.5 Å². The number of benzene rings is 1. The molecule has 2 heterocycles. The van der Waals surface area contributed by atoms with Gasteiger partial charge in [0, 0.05) is 13.1 Å². The van der Waals surface area contributed by atoms with E-state index >= 15 is 0 Å². The highest BCUT2D eigenvalue weighted by Crippen LogP contribution is 2.10. The Balaban J connectivity index is 1.59. The molecule has 0 fully saturated rings. The van der Waals surface area contributed by atoms with Crippen molar-refractivity contribution in [3.05, 3.63) is 36.1 Å². The smallest absolute Gasteiger partial charge is 0.245 e. The molecule has 0 radical (unpaired) electrons. The van der Waals surface area contributed by atoms with Gasteiger partial charge < -0.3 is 14.7 Å². The SMILES string of the molecule is Cc1cc(NC(=O)CN(C)C(=O)Cn2nnc3ccccc32)no1. The van der Waals surface area contributed by atoms with Crippen molar-refractivity contribution >= 4 is 28.7 Å². The van der Waals surface area contributed by atoms with Gasteiger partial charge in [-0.25, -0.2) is 4.68 Å². The van der Waals surface area contributed by atoms with Gasteiger partial charge in [-0.2, -0.15) is 0 Å². The van der Waals surface area contributed by atoms with Crippen molar-refractivity contribution in [3.63, 3.8) is 0 Å². The minimum Gasteiger partial charge on any atom is -0.360 e. The van der Waals surface area contributed by atoms with Crippen LogP contribution < -0.4 is 5.32 Å². The lowest BCUT2D eigenvalue weighted by atomic mass is 10.3. The molecule has 9 heteroatoms. The molecule has 0 unspecified atom stereocenters. The number of nitrogens with one attached hydrogen (secondary N) is 1. The van der Waals surface area contributed by atoms with Gasteiger partial charge in [0.25, 0.3) is 0 Å². The van der Waals surface area contributed by atoms with E-state index in [0.717, 1.165) is 5.52 Å². The minimum absolute atomic E-state index is 0.00730. The van der Waals surface area contributed by atoms with Crippen molar-refractivity contribution in [1.29, 1.82) is 0 Å². The number of para-hydroxylation sites is 1. The van der Waals surface area contributed by atoms with Gasteiger partial charge in [0.2, 0.25) is 11.8 Å². The highest BCUT2D eigenvalue weighted by atomic mass is 16.5. The Bertz CT molecular complexity index is 884. The molecule has 1 N–H and O–H groups in total. The van der Waals surface area contributed by atoms with E-state index in [1.165, 1.54) is 9.58 Å². The van der Waals surface area contributed by atoms with Gasteiger partial charge in [0.1, 0.15) is 17.8 Å². The highest BCUT2D eigenvalue weighted by Gasteiger charge is 2.16. The molecule has 0 aliphatic heterocycles. The first kappa shape index (κ1) is 15.7. The average molecular weight is 328 g/mol. The van der Waals surface area contributed by atoms with E-state index in [4.69, 9.17) is 4.52 Å². The van der Waals surface area contributed by atoms with Crippen LogP contribution in [0.5, 0.6) is 0 Å². The van der Waals surface area contributed by atoms with Crippen LogP contribution in [0.25, 0.3) is 11.0 Å². The molecule has 2 aromatic heterocycles. The lowest BCUT2D eigenvalue weighted by molar-refractivity contribution is -0.133. The van der Waals surface area contributed by atoms with Crippen LogP contribution in [-0.2, 0) is 16.1 Å². The molecule has 0 bridgehead atoms. The van der Waals surface area contributed by atoms with Crippen molar-refractivity contribution in [2.24, 2.45) is 0 Å². The van der Waals surface area contributed by atoms with E-state index in [0.29, 0.717) is 17.1 Å². The summed E-state index contributed by atoms with van der Waals surface area (Å²) in [7, 11) is 1.55. The molecule has 0 saturated heterocycles. The van der Waals surface area contributed by atoms with Crippen LogP contribution >= 0.6 is 0 Å². The van der Waals surface area contributed by atoms with Crippen molar-refractivity contribution in [3.8, 4) is 0 Å². The topological polar surface area (TPSA) is 106 Å². The quantitative estimate of drug-likeness (QED) is 0.743. The highest BCUT2D eigenvalue weighted by molar-refractivity contribution is 5.93. The van der Waals surface area contributed by atoms with Crippen LogP contribution in [0, 0.1) is 6.92 Å². The zero-order valence-corrected chi connectivity index (χ0v) is 13.3. The molecule has 0 spiro atoms. The lowest BCUT2D eigenvalue weighted by Gasteiger charge is -2.16. The Kier molecular flexibility index (Phi) is 4.23. The van der Waals surface area contributed by atoms with Crippen LogP contribution in [0.15, 0.2) is 34.9 Å². The Hall–Kier alpha value is -3.23. The zero-order valence-electron chi connectivity index (χ0n) is 13.3. The van der Waals surface area contributed by atoms with Crippen LogP contribution in [0.4, 0.5) is 5.82 Å². The first-order chi connectivity index (χ1) is 11.5. The van der Waals surface area contributed by atoms with Crippen LogP contribution in [-0.4, -0.2) is 50.5 Å². The Morgan fingerprint density at radius 1 is 1.33 bits per heavy atom. The molecule has 0 aliphatic carbocycles. The maximum atomic E-state index is 12.3. The van der Waals surface area contributed by atoms with Crippen molar-refractivity contribution in [2.75, 3.05) is 18.9 Å². The molecule has 3 rings (SSSR count). The molecule has 24 heavy (non-hydrogen) atoms. The Morgan fingerprint density at radius 3 is 2.88 bits per heavy atom. The van der Waals surface area contributed by atoms with E-state index in [1.807, 2.05) is 24.3 Å². The second-order valence-electron chi connectivity index (χ2n) is 5.36. The maximum Gasteiger partial charge on any atom is 0.245 e.